The van der Waals surface area contributed by atoms with E-state index in [4.69, 9.17) is 15.6 Å². The minimum atomic E-state index is -1.38. The standard InChI is InChI=1S/C13H18N2O4/c1-9(13(18)15-7-11(16)12(14)17)19-8-10-5-3-2-4-6-10/h2-6,9,11,16H,7-8H2,1H3,(H2,14,17)(H,15,18). The molecule has 0 spiro atoms. The summed E-state index contributed by atoms with van der Waals surface area (Å²) in [4.78, 5) is 22.2. The number of hydrogen-bond acceptors (Lipinski definition) is 4. The normalized spacial score (nSPS) is 13.6. The number of rotatable bonds is 7. The van der Waals surface area contributed by atoms with Crippen LogP contribution in [0.4, 0.5) is 0 Å². The second-order valence-corrected chi connectivity index (χ2v) is 4.10. The maximum atomic E-state index is 11.6. The molecule has 1 rings (SSSR count). The van der Waals surface area contributed by atoms with Gasteiger partial charge in [-0.15, -0.1) is 0 Å². The van der Waals surface area contributed by atoms with Crippen molar-refractivity contribution in [1.82, 2.24) is 5.32 Å². The molecule has 1 aromatic carbocycles. The van der Waals surface area contributed by atoms with E-state index in [1.807, 2.05) is 30.3 Å². The fourth-order valence-corrected chi connectivity index (χ4v) is 1.31. The lowest BCUT2D eigenvalue weighted by molar-refractivity contribution is -0.133. The number of benzene rings is 1. The molecule has 0 heterocycles. The van der Waals surface area contributed by atoms with Gasteiger partial charge in [-0.3, -0.25) is 9.59 Å². The van der Waals surface area contributed by atoms with Gasteiger partial charge >= 0.3 is 0 Å². The Morgan fingerprint density at radius 1 is 1.37 bits per heavy atom. The molecule has 0 fully saturated rings. The van der Waals surface area contributed by atoms with Crippen LogP contribution in [-0.2, 0) is 20.9 Å². The molecule has 2 amide bonds. The van der Waals surface area contributed by atoms with Crippen LogP contribution in [0.1, 0.15) is 12.5 Å². The molecule has 0 aliphatic rings. The average Bonchev–Trinajstić information content (AvgIpc) is 2.42. The third-order valence-electron chi connectivity index (χ3n) is 2.51. The van der Waals surface area contributed by atoms with E-state index < -0.39 is 24.0 Å². The zero-order chi connectivity index (χ0) is 14.3. The highest BCUT2D eigenvalue weighted by Gasteiger charge is 2.16. The average molecular weight is 266 g/mol. The number of nitrogens with one attached hydrogen (secondary N) is 1. The molecule has 0 radical (unpaired) electrons. The van der Waals surface area contributed by atoms with Crippen LogP contribution in [0.5, 0.6) is 0 Å². The molecule has 19 heavy (non-hydrogen) atoms. The molecule has 0 saturated carbocycles. The van der Waals surface area contributed by atoms with E-state index in [1.54, 1.807) is 6.92 Å². The molecule has 104 valence electrons. The largest absolute Gasteiger partial charge is 0.381 e. The summed E-state index contributed by atoms with van der Waals surface area (Å²) in [5, 5.41) is 11.5. The fraction of sp³-hybridized carbons (Fsp3) is 0.385. The summed E-state index contributed by atoms with van der Waals surface area (Å²) in [6.07, 6.45) is -2.06. The number of carbonyl (C=O) groups is 2. The number of primary amides is 1. The van der Waals surface area contributed by atoms with Gasteiger partial charge in [0.2, 0.25) is 11.8 Å². The lowest BCUT2D eigenvalue weighted by Gasteiger charge is -2.14. The SMILES string of the molecule is CC(OCc1ccccc1)C(=O)NCC(O)C(N)=O. The summed E-state index contributed by atoms with van der Waals surface area (Å²) in [5.41, 5.74) is 5.82. The molecule has 0 aliphatic carbocycles. The minimum Gasteiger partial charge on any atom is -0.381 e. The summed E-state index contributed by atoms with van der Waals surface area (Å²) in [6.45, 7) is 1.69. The van der Waals surface area contributed by atoms with E-state index in [-0.39, 0.29) is 6.54 Å². The third-order valence-corrected chi connectivity index (χ3v) is 2.51. The van der Waals surface area contributed by atoms with Crippen molar-refractivity contribution in [2.45, 2.75) is 25.7 Å². The number of aliphatic hydroxyl groups is 1. The van der Waals surface area contributed by atoms with Crippen molar-refractivity contribution in [2.24, 2.45) is 5.73 Å². The van der Waals surface area contributed by atoms with Gasteiger partial charge < -0.3 is 20.9 Å². The van der Waals surface area contributed by atoms with Crippen molar-refractivity contribution in [3.8, 4) is 0 Å². The number of hydrogen-bond donors (Lipinski definition) is 3. The zero-order valence-corrected chi connectivity index (χ0v) is 10.7. The van der Waals surface area contributed by atoms with Crippen LogP contribution in [-0.4, -0.2) is 35.7 Å². The lowest BCUT2D eigenvalue weighted by Crippen LogP contribution is -2.43. The minimum absolute atomic E-state index is 0.215. The van der Waals surface area contributed by atoms with E-state index in [2.05, 4.69) is 5.32 Å². The van der Waals surface area contributed by atoms with Gasteiger partial charge in [-0.1, -0.05) is 30.3 Å². The summed E-state index contributed by atoms with van der Waals surface area (Å²) < 4.78 is 5.37. The molecule has 0 saturated heterocycles. The van der Waals surface area contributed by atoms with E-state index in [1.165, 1.54) is 0 Å². The van der Waals surface area contributed by atoms with Crippen molar-refractivity contribution in [3.05, 3.63) is 35.9 Å². The van der Waals surface area contributed by atoms with Crippen molar-refractivity contribution in [3.63, 3.8) is 0 Å². The van der Waals surface area contributed by atoms with Gasteiger partial charge in [-0.25, -0.2) is 0 Å². The Kier molecular flexibility index (Phi) is 5.98. The molecule has 2 atom stereocenters. The predicted octanol–water partition coefficient (Wildman–Crippen LogP) is -0.446. The van der Waals surface area contributed by atoms with Gasteiger partial charge in [0, 0.05) is 0 Å². The third kappa shape index (κ3) is 5.50. The topological polar surface area (TPSA) is 102 Å². The number of ether oxygens (including phenoxy) is 1. The van der Waals surface area contributed by atoms with E-state index in [9.17, 15) is 9.59 Å². The summed E-state index contributed by atoms with van der Waals surface area (Å²) >= 11 is 0. The highest BCUT2D eigenvalue weighted by Crippen LogP contribution is 2.03. The Morgan fingerprint density at radius 2 is 2.00 bits per heavy atom. The Morgan fingerprint density at radius 3 is 2.58 bits per heavy atom. The Labute approximate surface area is 111 Å². The van der Waals surface area contributed by atoms with Gasteiger partial charge in [-0.05, 0) is 12.5 Å². The van der Waals surface area contributed by atoms with E-state index in [0.717, 1.165) is 5.56 Å². The second kappa shape index (κ2) is 7.50. The number of amides is 2. The number of aliphatic hydroxyl groups excluding tert-OH is 1. The van der Waals surface area contributed by atoms with Gasteiger partial charge in [-0.2, -0.15) is 0 Å². The van der Waals surface area contributed by atoms with E-state index in [0.29, 0.717) is 6.61 Å². The molecular formula is C13H18N2O4. The smallest absolute Gasteiger partial charge is 0.248 e. The Balaban J connectivity index is 2.31. The molecular weight excluding hydrogens is 248 g/mol. The predicted molar refractivity (Wildman–Crippen MR) is 68.9 cm³/mol. The van der Waals surface area contributed by atoms with Crippen LogP contribution in [0.25, 0.3) is 0 Å². The zero-order valence-electron chi connectivity index (χ0n) is 10.7. The Hall–Kier alpha value is -1.92. The van der Waals surface area contributed by atoms with Crippen molar-refractivity contribution < 1.29 is 19.4 Å². The first-order valence-electron chi connectivity index (χ1n) is 5.91. The first-order chi connectivity index (χ1) is 9.00. The first kappa shape index (κ1) is 15.1. The van der Waals surface area contributed by atoms with Crippen LogP contribution >= 0.6 is 0 Å². The van der Waals surface area contributed by atoms with Crippen LogP contribution in [0, 0.1) is 0 Å². The van der Waals surface area contributed by atoms with Gasteiger partial charge in [0.25, 0.3) is 0 Å². The Bertz CT molecular complexity index is 422. The quantitative estimate of drug-likeness (QED) is 0.622. The molecule has 0 bridgehead atoms. The summed E-state index contributed by atoms with van der Waals surface area (Å²) in [5.74, 6) is -1.28. The van der Waals surface area contributed by atoms with Crippen molar-refractivity contribution >= 4 is 11.8 Å². The molecule has 6 nitrogen and oxygen atoms in total. The van der Waals surface area contributed by atoms with Crippen LogP contribution in [0.3, 0.4) is 0 Å². The van der Waals surface area contributed by atoms with Gasteiger partial charge in [0.1, 0.15) is 12.2 Å². The van der Waals surface area contributed by atoms with E-state index >= 15 is 0 Å². The number of nitrogens with two attached hydrogens (primary N) is 1. The molecule has 0 aliphatic heterocycles. The van der Waals surface area contributed by atoms with Crippen LogP contribution in [0.15, 0.2) is 30.3 Å². The maximum absolute atomic E-state index is 11.6. The molecule has 1 aromatic rings. The molecule has 6 heteroatoms. The first-order valence-corrected chi connectivity index (χ1v) is 5.91. The van der Waals surface area contributed by atoms with Gasteiger partial charge in [0.05, 0.1) is 13.2 Å². The highest BCUT2D eigenvalue weighted by molar-refractivity contribution is 5.82. The second-order valence-electron chi connectivity index (χ2n) is 4.10. The lowest BCUT2D eigenvalue weighted by atomic mass is 10.2. The molecule has 2 unspecified atom stereocenters. The van der Waals surface area contributed by atoms with Crippen molar-refractivity contribution in [1.29, 1.82) is 0 Å². The van der Waals surface area contributed by atoms with Crippen molar-refractivity contribution in [2.75, 3.05) is 6.54 Å². The summed E-state index contributed by atoms with van der Waals surface area (Å²) in [7, 11) is 0. The monoisotopic (exact) mass is 266 g/mol. The van der Waals surface area contributed by atoms with Crippen LogP contribution < -0.4 is 11.1 Å². The summed E-state index contributed by atoms with van der Waals surface area (Å²) in [6, 6.07) is 9.44. The highest BCUT2D eigenvalue weighted by atomic mass is 16.5. The number of carbonyl (C=O) groups excluding carboxylic acids is 2. The molecule has 0 aromatic heterocycles. The van der Waals surface area contributed by atoms with Gasteiger partial charge in [0.15, 0.2) is 0 Å². The maximum Gasteiger partial charge on any atom is 0.248 e. The molecule has 4 N–H and O–H groups in total. The van der Waals surface area contributed by atoms with Crippen LogP contribution in [0.2, 0.25) is 0 Å². The fourth-order valence-electron chi connectivity index (χ4n) is 1.31.